The number of nitrogens with zero attached hydrogens (tertiary/aromatic N) is 2. The molecule has 1 fully saturated rings. The molecular formula is C16H17ClN4O3S. The Hall–Kier alpha value is -2.32. The van der Waals surface area contributed by atoms with E-state index >= 15 is 0 Å². The van der Waals surface area contributed by atoms with Crippen LogP contribution in [0.15, 0.2) is 24.3 Å². The van der Waals surface area contributed by atoms with Crippen molar-refractivity contribution < 1.29 is 14.3 Å². The first-order valence-electron chi connectivity index (χ1n) is 7.66. The van der Waals surface area contributed by atoms with Crippen molar-refractivity contribution in [2.24, 2.45) is 0 Å². The minimum absolute atomic E-state index is 0.0408. The van der Waals surface area contributed by atoms with Gasteiger partial charge in [0.05, 0.1) is 13.7 Å². The fraction of sp³-hybridized carbons (Fsp3) is 0.312. The number of benzene rings is 1. The molecule has 1 aliphatic rings. The Morgan fingerprint density at radius 1 is 1.44 bits per heavy atom. The summed E-state index contributed by atoms with van der Waals surface area (Å²) in [5.74, 6) is -0.454. The zero-order chi connectivity index (χ0) is 17.8. The highest BCUT2D eigenvalue weighted by molar-refractivity contribution is 7.18. The molecule has 9 heteroatoms. The lowest BCUT2D eigenvalue weighted by molar-refractivity contribution is -0.120. The van der Waals surface area contributed by atoms with Gasteiger partial charge in [-0.15, -0.1) is 0 Å². The SMILES string of the molecule is COC(=O)c1sc(NCc2ccc(N3CCNC(=O)C3)cc2)nc1Cl. The number of nitrogens with one attached hydrogen (secondary N) is 2. The number of anilines is 2. The van der Waals surface area contributed by atoms with E-state index in [1.165, 1.54) is 7.11 Å². The molecule has 0 aliphatic carbocycles. The fourth-order valence-electron chi connectivity index (χ4n) is 2.46. The van der Waals surface area contributed by atoms with Crippen molar-refractivity contribution in [3.8, 4) is 0 Å². The average molecular weight is 381 g/mol. The molecule has 0 spiro atoms. The first-order chi connectivity index (χ1) is 12.1. The Kier molecular flexibility index (Phi) is 5.40. The Bertz CT molecular complexity index is 778. The van der Waals surface area contributed by atoms with E-state index in [0.717, 1.165) is 29.1 Å². The van der Waals surface area contributed by atoms with Gasteiger partial charge >= 0.3 is 5.97 Å². The monoisotopic (exact) mass is 380 g/mol. The third kappa shape index (κ3) is 4.21. The molecule has 1 aromatic heterocycles. The number of ether oxygens (including phenoxy) is 1. The molecule has 0 bridgehead atoms. The second kappa shape index (κ2) is 7.71. The zero-order valence-electron chi connectivity index (χ0n) is 13.5. The van der Waals surface area contributed by atoms with Crippen LogP contribution in [0.2, 0.25) is 5.15 Å². The van der Waals surface area contributed by atoms with Crippen LogP contribution >= 0.6 is 22.9 Å². The van der Waals surface area contributed by atoms with E-state index in [1.807, 2.05) is 29.2 Å². The van der Waals surface area contributed by atoms with E-state index in [2.05, 4.69) is 20.4 Å². The van der Waals surface area contributed by atoms with Crippen LogP contribution in [-0.2, 0) is 16.1 Å². The number of methoxy groups -OCH3 is 1. The summed E-state index contributed by atoms with van der Waals surface area (Å²) in [5.41, 5.74) is 2.07. The van der Waals surface area contributed by atoms with E-state index in [0.29, 0.717) is 24.8 Å². The summed E-state index contributed by atoms with van der Waals surface area (Å²) < 4.78 is 4.66. The van der Waals surface area contributed by atoms with Crippen molar-refractivity contribution in [3.63, 3.8) is 0 Å². The predicted molar refractivity (Wildman–Crippen MR) is 97.5 cm³/mol. The third-order valence-electron chi connectivity index (χ3n) is 3.74. The maximum absolute atomic E-state index is 11.5. The molecule has 2 aromatic rings. The van der Waals surface area contributed by atoms with Gasteiger partial charge in [-0.05, 0) is 17.7 Å². The molecule has 3 rings (SSSR count). The van der Waals surface area contributed by atoms with Crippen LogP contribution in [0.3, 0.4) is 0 Å². The molecule has 0 saturated carbocycles. The van der Waals surface area contributed by atoms with Crippen molar-refractivity contribution in [3.05, 3.63) is 39.9 Å². The van der Waals surface area contributed by atoms with Gasteiger partial charge < -0.3 is 20.3 Å². The molecule has 0 unspecified atom stereocenters. The van der Waals surface area contributed by atoms with Crippen molar-refractivity contribution in [1.82, 2.24) is 10.3 Å². The number of rotatable bonds is 5. The summed E-state index contributed by atoms with van der Waals surface area (Å²) in [5, 5.41) is 6.65. The van der Waals surface area contributed by atoms with Gasteiger partial charge in [-0.2, -0.15) is 0 Å². The number of thiazole rings is 1. The van der Waals surface area contributed by atoms with Crippen LogP contribution < -0.4 is 15.5 Å². The molecular weight excluding hydrogens is 364 g/mol. The lowest BCUT2D eigenvalue weighted by Gasteiger charge is -2.28. The topological polar surface area (TPSA) is 83.6 Å². The van der Waals surface area contributed by atoms with Crippen molar-refractivity contribution in [2.45, 2.75) is 6.54 Å². The molecule has 2 heterocycles. The Morgan fingerprint density at radius 2 is 2.20 bits per heavy atom. The van der Waals surface area contributed by atoms with Crippen LogP contribution in [-0.4, -0.2) is 43.6 Å². The van der Waals surface area contributed by atoms with Gasteiger partial charge in [0.15, 0.2) is 15.2 Å². The second-order valence-electron chi connectivity index (χ2n) is 5.42. The summed E-state index contributed by atoms with van der Waals surface area (Å²) in [4.78, 5) is 29.4. The van der Waals surface area contributed by atoms with E-state index in [9.17, 15) is 9.59 Å². The molecule has 1 amide bonds. The largest absolute Gasteiger partial charge is 0.465 e. The minimum atomic E-state index is -0.495. The summed E-state index contributed by atoms with van der Waals surface area (Å²) in [6.07, 6.45) is 0. The number of esters is 1. The molecule has 7 nitrogen and oxygen atoms in total. The first kappa shape index (κ1) is 17.5. The van der Waals surface area contributed by atoms with E-state index in [4.69, 9.17) is 11.6 Å². The maximum atomic E-state index is 11.5. The number of amides is 1. The van der Waals surface area contributed by atoms with E-state index in [1.54, 1.807) is 0 Å². The molecule has 1 saturated heterocycles. The standard InChI is InChI=1S/C16H17ClN4O3S/c1-24-15(23)13-14(17)20-16(25-13)19-8-10-2-4-11(5-3-10)21-7-6-18-12(22)9-21/h2-5H,6-9H2,1H3,(H,18,22)(H,19,20). The Balaban J connectivity index is 1.60. The van der Waals surface area contributed by atoms with Crippen LogP contribution in [0, 0.1) is 0 Å². The van der Waals surface area contributed by atoms with Gasteiger partial charge in [0.1, 0.15) is 0 Å². The quantitative estimate of drug-likeness (QED) is 0.773. The van der Waals surface area contributed by atoms with Gasteiger partial charge in [0.25, 0.3) is 0 Å². The molecule has 0 radical (unpaired) electrons. The normalized spacial score (nSPS) is 14.2. The van der Waals surface area contributed by atoms with Crippen molar-refractivity contribution in [1.29, 1.82) is 0 Å². The number of piperazine rings is 1. The number of carbonyl (C=O) groups is 2. The van der Waals surface area contributed by atoms with Crippen LogP contribution in [0.5, 0.6) is 0 Å². The highest BCUT2D eigenvalue weighted by atomic mass is 35.5. The first-order valence-corrected chi connectivity index (χ1v) is 8.85. The number of hydrogen-bond donors (Lipinski definition) is 2. The molecule has 1 aromatic carbocycles. The zero-order valence-corrected chi connectivity index (χ0v) is 15.1. The van der Waals surface area contributed by atoms with Gasteiger partial charge in [-0.1, -0.05) is 35.1 Å². The van der Waals surface area contributed by atoms with Crippen LogP contribution in [0.1, 0.15) is 15.2 Å². The Labute approximate surface area is 153 Å². The van der Waals surface area contributed by atoms with Crippen molar-refractivity contribution >= 4 is 45.6 Å². The third-order valence-corrected chi connectivity index (χ3v) is 5.12. The molecule has 25 heavy (non-hydrogen) atoms. The Morgan fingerprint density at radius 3 is 2.88 bits per heavy atom. The summed E-state index contributed by atoms with van der Waals surface area (Å²) in [6.45, 7) is 2.39. The smallest absolute Gasteiger partial charge is 0.351 e. The molecule has 0 atom stereocenters. The van der Waals surface area contributed by atoms with Gasteiger partial charge in [0.2, 0.25) is 5.91 Å². The number of carbonyl (C=O) groups excluding carboxylic acids is 2. The average Bonchev–Trinajstić information content (AvgIpc) is 3.00. The van der Waals surface area contributed by atoms with Crippen LogP contribution in [0.25, 0.3) is 0 Å². The summed E-state index contributed by atoms with van der Waals surface area (Å²) in [7, 11) is 1.30. The highest BCUT2D eigenvalue weighted by Crippen LogP contribution is 2.28. The highest BCUT2D eigenvalue weighted by Gasteiger charge is 2.18. The fourth-order valence-corrected chi connectivity index (χ4v) is 3.56. The predicted octanol–water partition coefficient (Wildman–Crippen LogP) is 2.13. The van der Waals surface area contributed by atoms with Crippen LogP contribution in [0.4, 0.5) is 10.8 Å². The summed E-state index contributed by atoms with van der Waals surface area (Å²) in [6, 6.07) is 7.96. The molecule has 1 aliphatic heterocycles. The number of aromatic nitrogens is 1. The minimum Gasteiger partial charge on any atom is -0.465 e. The lowest BCUT2D eigenvalue weighted by Crippen LogP contribution is -2.47. The van der Waals surface area contributed by atoms with Gasteiger partial charge in [0, 0.05) is 25.3 Å². The maximum Gasteiger partial charge on any atom is 0.351 e. The lowest BCUT2D eigenvalue weighted by atomic mass is 10.2. The molecule has 132 valence electrons. The second-order valence-corrected chi connectivity index (χ2v) is 6.78. The van der Waals surface area contributed by atoms with Gasteiger partial charge in [-0.25, -0.2) is 9.78 Å². The number of hydrogen-bond acceptors (Lipinski definition) is 7. The van der Waals surface area contributed by atoms with Gasteiger partial charge in [-0.3, -0.25) is 4.79 Å². The number of halogens is 1. The van der Waals surface area contributed by atoms with E-state index in [-0.39, 0.29) is 15.9 Å². The molecule has 2 N–H and O–H groups in total. The summed E-state index contributed by atoms with van der Waals surface area (Å²) >= 11 is 7.10. The van der Waals surface area contributed by atoms with E-state index < -0.39 is 5.97 Å². The van der Waals surface area contributed by atoms with Crippen molar-refractivity contribution in [2.75, 3.05) is 37.0 Å².